The van der Waals surface area contributed by atoms with Crippen LogP contribution in [0.4, 0.5) is 5.69 Å². The lowest BCUT2D eigenvalue weighted by atomic mass is 10.1. The Balaban J connectivity index is 2.28. The number of hydrogen-bond acceptors (Lipinski definition) is 2. The molecule has 1 amide bonds. The molecule has 0 aromatic heterocycles. The van der Waals surface area contributed by atoms with Crippen molar-refractivity contribution in [2.75, 3.05) is 19.0 Å². The molecule has 0 radical (unpaired) electrons. The maximum atomic E-state index is 12.0. The van der Waals surface area contributed by atoms with Crippen molar-refractivity contribution in [2.24, 2.45) is 0 Å². The Labute approximate surface area is 109 Å². The van der Waals surface area contributed by atoms with Crippen molar-refractivity contribution in [2.45, 2.75) is 38.3 Å². The van der Waals surface area contributed by atoms with E-state index in [1.807, 2.05) is 35.2 Å². The van der Waals surface area contributed by atoms with Gasteiger partial charge in [-0.3, -0.25) is 4.79 Å². The van der Waals surface area contributed by atoms with Crippen molar-refractivity contribution in [3.63, 3.8) is 0 Å². The Hall–Kier alpha value is -1.35. The molecule has 98 valence electrons. The van der Waals surface area contributed by atoms with Gasteiger partial charge in [0.15, 0.2) is 0 Å². The van der Waals surface area contributed by atoms with Crippen LogP contribution in [0, 0.1) is 0 Å². The second-order valence-corrected chi connectivity index (χ2v) is 5.25. The Morgan fingerprint density at radius 2 is 1.72 bits per heavy atom. The predicted octanol–water partition coefficient (Wildman–Crippen LogP) is 2.52. The van der Waals surface area contributed by atoms with Gasteiger partial charge in [-0.1, -0.05) is 18.2 Å². The number of hydrogen-bond donors (Lipinski definition) is 0. The molecule has 0 unspecified atom stereocenters. The Kier molecular flexibility index (Phi) is 4.02. The second-order valence-electron chi connectivity index (χ2n) is 5.25. The van der Waals surface area contributed by atoms with Gasteiger partial charge in [0, 0.05) is 18.7 Å². The van der Waals surface area contributed by atoms with Crippen LogP contribution in [0.2, 0.25) is 0 Å². The Bertz CT molecular complexity index is 402. The molecule has 2 atom stereocenters. The van der Waals surface area contributed by atoms with Gasteiger partial charge < -0.3 is 9.80 Å². The molecule has 1 aliphatic rings. The highest BCUT2D eigenvalue weighted by atomic mass is 16.2. The van der Waals surface area contributed by atoms with Crippen molar-refractivity contribution in [1.82, 2.24) is 4.90 Å². The van der Waals surface area contributed by atoms with Gasteiger partial charge in [-0.25, -0.2) is 0 Å². The third-order valence-electron chi connectivity index (χ3n) is 3.81. The topological polar surface area (TPSA) is 23.6 Å². The number of amides is 1. The first-order valence-corrected chi connectivity index (χ1v) is 6.62. The summed E-state index contributed by atoms with van der Waals surface area (Å²) < 4.78 is 0. The lowest BCUT2D eigenvalue weighted by molar-refractivity contribution is -0.117. The molecule has 0 bridgehead atoms. The number of carbonyl (C=O) groups excluding carboxylic acids is 1. The molecule has 0 heterocycles. The van der Waals surface area contributed by atoms with E-state index in [0.29, 0.717) is 12.1 Å². The van der Waals surface area contributed by atoms with E-state index >= 15 is 0 Å². The van der Waals surface area contributed by atoms with Gasteiger partial charge in [0.25, 0.3) is 0 Å². The van der Waals surface area contributed by atoms with E-state index in [2.05, 4.69) is 19.0 Å². The van der Waals surface area contributed by atoms with Crippen LogP contribution in [0.3, 0.4) is 0 Å². The maximum absolute atomic E-state index is 12.0. The van der Waals surface area contributed by atoms with E-state index in [1.54, 1.807) is 6.92 Å². The molecule has 0 saturated heterocycles. The second kappa shape index (κ2) is 5.53. The molecule has 3 heteroatoms. The van der Waals surface area contributed by atoms with Gasteiger partial charge in [-0.05, 0) is 45.5 Å². The lowest BCUT2D eigenvalue weighted by Gasteiger charge is -2.35. The first-order chi connectivity index (χ1) is 8.61. The van der Waals surface area contributed by atoms with E-state index in [9.17, 15) is 4.79 Å². The number of nitrogens with zero attached hydrogens (tertiary/aromatic N) is 2. The average molecular weight is 246 g/mol. The van der Waals surface area contributed by atoms with Gasteiger partial charge in [0.2, 0.25) is 5.91 Å². The number of para-hydroxylation sites is 1. The summed E-state index contributed by atoms with van der Waals surface area (Å²) in [7, 11) is 4.21. The highest BCUT2D eigenvalue weighted by Crippen LogP contribution is 2.30. The molecule has 0 N–H and O–H groups in total. The molecule has 0 aliphatic heterocycles. The van der Waals surface area contributed by atoms with Crippen LogP contribution in [0.5, 0.6) is 0 Å². The summed E-state index contributed by atoms with van der Waals surface area (Å²) in [5.41, 5.74) is 1.02. The van der Waals surface area contributed by atoms with Crippen molar-refractivity contribution in [1.29, 1.82) is 0 Å². The minimum Gasteiger partial charge on any atom is -0.308 e. The first-order valence-electron chi connectivity index (χ1n) is 6.62. The third kappa shape index (κ3) is 2.56. The van der Waals surface area contributed by atoms with E-state index in [-0.39, 0.29) is 5.91 Å². The fraction of sp³-hybridized carbons (Fsp3) is 0.533. The van der Waals surface area contributed by atoms with Crippen LogP contribution in [0.15, 0.2) is 30.3 Å². The summed E-state index contributed by atoms with van der Waals surface area (Å²) in [4.78, 5) is 16.2. The first kappa shape index (κ1) is 13.1. The summed E-state index contributed by atoms with van der Waals surface area (Å²) in [5.74, 6) is 0.139. The van der Waals surface area contributed by atoms with Crippen molar-refractivity contribution >= 4 is 11.6 Å². The maximum Gasteiger partial charge on any atom is 0.224 e. The highest BCUT2D eigenvalue weighted by Gasteiger charge is 2.35. The number of rotatable bonds is 3. The normalized spacial score (nSPS) is 23.3. The minimum atomic E-state index is 0.139. The summed E-state index contributed by atoms with van der Waals surface area (Å²) in [5, 5.41) is 0. The number of likely N-dealkylation sites (N-methyl/N-ethyl adjacent to an activating group) is 1. The number of benzene rings is 1. The molecule has 1 fully saturated rings. The molecule has 2 rings (SSSR count). The lowest BCUT2D eigenvalue weighted by Crippen LogP contribution is -2.48. The highest BCUT2D eigenvalue weighted by molar-refractivity contribution is 5.92. The molecular formula is C15H22N2O. The van der Waals surface area contributed by atoms with Crippen LogP contribution in [-0.2, 0) is 4.79 Å². The summed E-state index contributed by atoms with van der Waals surface area (Å²) >= 11 is 0. The SMILES string of the molecule is CC(=O)N(c1ccccc1)[C@@H]1CCC[C@H]1N(C)C. The van der Waals surface area contributed by atoms with Crippen LogP contribution < -0.4 is 4.90 Å². The molecule has 1 saturated carbocycles. The Morgan fingerprint density at radius 3 is 2.28 bits per heavy atom. The fourth-order valence-corrected chi connectivity index (χ4v) is 3.02. The van der Waals surface area contributed by atoms with Crippen LogP contribution in [-0.4, -0.2) is 37.0 Å². The number of anilines is 1. The quantitative estimate of drug-likeness (QED) is 0.818. The zero-order valence-electron chi connectivity index (χ0n) is 11.5. The van der Waals surface area contributed by atoms with Gasteiger partial charge in [0.05, 0.1) is 6.04 Å². The standard InChI is InChI=1S/C15H22N2O/c1-12(18)17(13-8-5-4-6-9-13)15-11-7-10-14(15)16(2)3/h4-6,8-9,14-15H,7,10-11H2,1-3H3/t14-,15-/m1/s1. The van der Waals surface area contributed by atoms with E-state index in [1.165, 1.54) is 12.8 Å². The molecule has 3 nitrogen and oxygen atoms in total. The van der Waals surface area contributed by atoms with Crippen molar-refractivity contribution in [3.05, 3.63) is 30.3 Å². The fourth-order valence-electron chi connectivity index (χ4n) is 3.02. The van der Waals surface area contributed by atoms with Gasteiger partial charge in [-0.2, -0.15) is 0 Å². The molecule has 18 heavy (non-hydrogen) atoms. The van der Waals surface area contributed by atoms with Crippen molar-refractivity contribution in [3.8, 4) is 0 Å². The van der Waals surface area contributed by atoms with E-state index < -0.39 is 0 Å². The van der Waals surface area contributed by atoms with Crippen molar-refractivity contribution < 1.29 is 4.79 Å². The van der Waals surface area contributed by atoms with Gasteiger partial charge in [-0.15, -0.1) is 0 Å². The molecule has 1 aromatic rings. The summed E-state index contributed by atoms with van der Waals surface area (Å²) in [6, 6.07) is 10.8. The predicted molar refractivity (Wildman–Crippen MR) is 74.7 cm³/mol. The van der Waals surface area contributed by atoms with Gasteiger partial charge in [0.1, 0.15) is 0 Å². The third-order valence-corrected chi connectivity index (χ3v) is 3.81. The van der Waals surface area contributed by atoms with Crippen LogP contribution in [0.25, 0.3) is 0 Å². The Morgan fingerprint density at radius 1 is 1.11 bits per heavy atom. The summed E-state index contributed by atoms with van der Waals surface area (Å²) in [6.07, 6.45) is 3.47. The smallest absolute Gasteiger partial charge is 0.224 e. The zero-order valence-corrected chi connectivity index (χ0v) is 11.5. The van der Waals surface area contributed by atoms with E-state index in [0.717, 1.165) is 12.1 Å². The number of carbonyl (C=O) groups is 1. The zero-order chi connectivity index (χ0) is 13.1. The van der Waals surface area contributed by atoms with Crippen LogP contribution >= 0.6 is 0 Å². The average Bonchev–Trinajstić information content (AvgIpc) is 2.79. The molecule has 0 spiro atoms. The van der Waals surface area contributed by atoms with Gasteiger partial charge >= 0.3 is 0 Å². The monoisotopic (exact) mass is 246 g/mol. The largest absolute Gasteiger partial charge is 0.308 e. The van der Waals surface area contributed by atoms with Crippen LogP contribution in [0.1, 0.15) is 26.2 Å². The van der Waals surface area contributed by atoms with E-state index in [4.69, 9.17) is 0 Å². The summed E-state index contributed by atoms with van der Waals surface area (Å²) in [6.45, 7) is 1.66. The molecule has 1 aromatic carbocycles. The molecular weight excluding hydrogens is 224 g/mol. The minimum absolute atomic E-state index is 0.139. The molecule has 1 aliphatic carbocycles.